The zero-order valence-corrected chi connectivity index (χ0v) is 14.4. The van der Waals surface area contributed by atoms with Gasteiger partial charge in [-0.05, 0) is 37.6 Å². The predicted octanol–water partition coefficient (Wildman–Crippen LogP) is 4.11. The molecule has 0 aromatic heterocycles. The molecule has 4 nitrogen and oxygen atoms in total. The van der Waals surface area contributed by atoms with E-state index in [9.17, 15) is 4.79 Å². The lowest BCUT2D eigenvalue weighted by Crippen LogP contribution is -2.45. The molecule has 0 N–H and O–H groups in total. The molecule has 2 aromatic rings. The summed E-state index contributed by atoms with van der Waals surface area (Å²) in [7, 11) is 0. The van der Waals surface area contributed by atoms with Gasteiger partial charge in [0, 0.05) is 12.3 Å². The normalized spacial score (nSPS) is 17.5. The van der Waals surface area contributed by atoms with Crippen molar-refractivity contribution in [2.45, 2.75) is 19.4 Å². The summed E-state index contributed by atoms with van der Waals surface area (Å²) < 4.78 is 5.77. The Morgan fingerprint density at radius 3 is 2.50 bits per heavy atom. The average Bonchev–Trinajstić information content (AvgIpc) is 2.63. The second kappa shape index (κ2) is 8.02. The molecule has 2 aromatic carbocycles. The molecule has 0 saturated carbocycles. The first-order chi connectivity index (χ1) is 11.7. The van der Waals surface area contributed by atoms with Crippen LogP contribution in [0.3, 0.4) is 0 Å². The molecule has 1 aliphatic heterocycles. The molecule has 124 valence electrons. The Morgan fingerprint density at radius 1 is 1.12 bits per heavy atom. The highest BCUT2D eigenvalue weighted by molar-refractivity contribution is 8.13. The Kier molecular flexibility index (Phi) is 5.54. The molecular formula is C19H20N2O2S. The van der Waals surface area contributed by atoms with E-state index in [0.717, 1.165) is 23.0 Å². The second-order valence-electron chi connectivity index (χ2n) is 5.49. The molecule has 0 radical (unpaired) electrons. The number of thioether (sulfide) groups is 1. The molecule has 1 heterocycles. The number of para-hydroxylation sites is 2. The third-order valence-corrected chi connectivity index (χ3v) is 4.70. The van der Waals surface area contributed by atoms with Gasteiger partial charge in [0.05, 0.1) is 5.69 Å². The number of carbonyl (C=O) groups is 1. The number of ether oxygens (including phenoxy) is 1. The van der Waals surface area contributed by atoms with E-state index in [4.69, 9.17) is 4.74 Å². The lowest BCUT2D eigenvalue weighted by atomic mass is 10.3. The van der Waals surface area contributed by atoms with E-state index in [2.05, 4.69) is 4.99 Å². The SMILES string of the molecule is C[C@H](Oc1ccccc1)C(=O)N1CCCSC1=Nc1ccccc1. The zero-order valence-electron chi connectivity index (χ0n) is 13.6. The van der Waals surface area contributed by atoms with Crippen molar-refractivity contribution in [3.8, 4) is 5.75 Å². The van der Waals surface area contributed by atoms with Crippen LogP contribution in [0.2, 0.25) is 0 Å². The molecular weight excluding hydrogens is 320 g/mol. The van der Waals surface area contributed by atoms with Crippen LogP contribution < -0.4 is 4.74 Å². The van der Waals surface area contributed by atoms with Crippen LogP contribution in [-0.2, 0) is 4.79 Å². The molecule has 0 spiro atoms. The van der Waals surface area contributed by atoms with Crippen LogP contribution in [0.4, 0.5) is 5.69 Å². The van der Waals surface area contributed by atoms with E-state index >= 15 is 0 Å². The Bertz CT molecular complexity index is 704. The van der Waals surface area contributed by atoms with Gasteiger partial charge in [-0.2, -0.15) is 0 Å². The highest BCUT2D eigenvalue weighted by atomic mass is 32.2. The van der Waals surface area contributed by atoms with Gasteiger partial charge in [-0.25, -0.2) is 4.99 Å². The van der Waals surface area contributed by atoms with Crippen LogP contribution in [0.5, 0.6) is 5.75 Å². The smallest absolute Gasteiger partial charge is 0.269 e. The molecule has 1 fully saturated rings. The molecule has 0 unspecified atom stereocenters. The van der Waals surface area contributed by atoms with Gasteiger partial charge in [0.25, 0.3) is 5.91 Å². The number of amides is 1. The van der Waals surface area contributed by atoms with Crippen LogP contribution in [0, 0.1) is 0 Å². The van der Waals surface area contributed by atoms with Gasteiger partial charge in [-0.1, -0.05) is 48.2 Å². The topological polar surface area (TPSA) is 41.9 Å². The van der Waals surface area contributed by atoms with Gasteiger partial charge in [-0.15, -0.1) is 0 Å². The van der Waals surface area contributed by atoms with Gasteiger partial charge in [0.2, 0.25) is 0 Å². The molecule has 1 amide bonds. The Balaban J connectivity index is 1.75. The van der Waals surface area contributed by atoms with Crippen LogP contribution in [-0.4, -0.2) is 34.4 Å². The maximum atomic E-state index is 12.8. The number of benzene rings is 2. The minimum atomic E-state index is -0.549. The van der Waals surface area contributed by atoms with Crippen molar-refractivity contribution in [3.05, 3.63) is 60.7 Å². The first-order valence-electron chi connectivity index (χ1n) is 8.03. The molecule has 0 aliphatic carbocycles. The summed E-state index contributed by atoms with van der Waals surface area (Å²) in [4.78, 5) is 19.2. The number of rotatable bonds is 4. The fourth-order valence-electron chi connectivity index (χ4n) is 2.44. The summed E-state index contributed by atoms with van der Waals surface area (Å²) in [5, 5.41) is 0.751. The van der Waals surface area contributed by atoms with Gasteiger partial charge < -0.3 is 4.74 Å². The number of hydrogen-bond donors (Lipinski definition) is 0. The molecule has 5 heteroatoms. The molecule has 1 aliphatic rings. The minimum absolute atomic E-state index is 0.0549. The van der Waals surface area contributed by atoms with Gasteiger partial charge in [0.1, 0.15) is 5.75 Å². The molecule has 1 atom stereocenters. The lowest BCUT2D eigenvalue weighted by molar-refractivity contribution is -0.133. The molecule has 3 rings (SSSR count). The molecule has 0 bridgehead atoms. The summed E-state index contributed by atoms with van der Waals surface area (Å²) in [5.41, 5.74) is 0.858. The van der Waals surface area contributed by atoms with E-state index < -0.39 is 6.10 Å². The van der Waals surface area contributed by atoms with E-state index in [1.165, 1.54) is 0 Å². The number of aliphatic imine (C=N–C) groups is 1. The number of amidine groups is 1. The molecule has 1 saturated heterocycles. The minimum Gasteiger partial charge on any atom is -0.481 e. The Morgan fingerprint density at radius 2 is 1.79 bits per heavy atom. The van der Waals surface area contributed by atoms with Crippen LogP contribution in [0.1, 0.15) is 13.3 Å². The van der Waals surface area contributed by atoms with Crippen LogP contribution in [0.25, 0.3) is 0 Å². The van der Waals surface area contributed by atoms with E-state index in [-0.39, 0.29) is 5.91 Å². The van der Waals surface area contributed by atoms with Crippen molar-refractivity contribution in [1.29, 1.82) is 0 Å². The zero-order chi connectivity index (χ0) is 16.8. The summed E-state index contributed by atoms with van der Waals surface area (Å²) in [6.45, 7) is 2.47. The van der Waals surface area contributed by atoms with Gasteiger partial charge in [0.15, 0.2) is 11.3 Å². The van der Waals surface area contributed by atoms with Gasteiger partial charge in [-0.3, -0.25) is 9.69 Å². The first kappa shape index (κ1) is 16.6. The number of nitrogens with zero attached hydrogens (tertiary/aromatic N) is 2. The molecule has 24 heavy (non-hydrogen) atoms. The largest absolute Gasteiger partial charge is 0.481 e. The van der Waals surface area contributed by atoms with E-state index in [0.29, 0.717) is 12.3 Å². The predicted molar refractivity (Wildman–Crippen MR) is 98.9 cm³/mol. The number of hydrogen-bond acceptors (Lipinski definition) is 4. The maximum Gasteiger partial charge on any atom is 0.269 e. The van der Waals surface area contributed by atoms with Crippen molar-refractivity contribution in [1.82, 2.24) is 4.90 Å². The third kappa shape index (κ3) is 4.17. The maximum absolute atomic E-state index is 12.8. The number of carbonyl (C=O) groups excluding carboxylic acids is 1. The Hall–Kier alpha value is -2.27. The van der Waals surface area contributed by atoms with E-state index in [1.54, 1.807) is 23.6 Å². The van der Waals surface area contributed by atoms with Crippen molar-refractivity contribution in [2.24, 2.45) is 4.99 Å². The summed E-state index contributed by atoms with van der Waals surface area (Å²) >= 11 is 1.62. The van der Waals surface area contributed by atoms with Gasteiger partial charge >= 0.3 is 0 Å². The summed E-state index contributed by atoms with van der Waals surface area (Å²) in [5.74, 6) is 1.62. The van der Waals surface area contributed by atoms with Crippen molar-refractivity contribution in [3.63, 3.8) is 0 Å². The fourth-order valence-corrected chi connectivity index (χ4v) is 3.41. The summed E-state index contributed by atoms with van der Waals surface area (Å²) in [6, 6.07) is 19.1. The second-order valence-corrected chi connectivity index (χ2v) is 6.56. The highest BCUT2D eigenvalue weighted by Crippen LogP contribution is 2.23. The average molecular weight is 340 g/mol. The van der Waals surface area contributed by atoms with Crippen molar-refractivity contribution in [2.75, 3.05) is 12.3 Å². The van der Waals surface area contributed by atoms with E-state index in [1.807, 2.05) is 60.7 Å². The van der Waals surface area contributed by atoms with Crippen molar-refractivity contribution >= 4 is 28.5 Å². The lowest BCUT2D eigenvalue weighted by Gasteiger charge is -2.30. The first-order valence-corrected chi connectivity index (χ1v) is 9.02. The Labute approximate surface area is 146 Å². The highest BCUT2D eigenvalue weighted by Gasteiger charge is 2.28. The van der Waals surface area contributed by atoms with Crippen LogP contribution >= 0.6 is 11.8 Å². The standard InChI is InChI=1S/C19H20N2O2S/c1-15(23-17-11-6-3-7-12-17)18(22)21-13-8-14-24-19(21)20-16-9-4-2-5-10-16/h2-7,9-12,15H,8,13-14H2,1H3/t15-/m0/s1. The van der Waals surface area contributed by atoms with Crippen molar-refractivity contribution < 1.29 is 9.53 Å². The quantitative estimate of drug-likeness (QED) is 0.841. The third-order valence-electron chi connectivity index (χ3n) is 3.64. The fraction of sp³-hybridized carbons (Fsp3) is 0.263. The monoisotopic (exact) mass is 340 g/mol. The van der Waals surface area contributed by atoms with Crippen LogP contribution in [0.15, 0.2) is 65.7 Å². The summed E-state index contributed by atoms with van der Waals surface area (Å²) in [6.07, 6.45) is 0.412.